The average molecular weight is 300 g/mol. The van der Waals surface area contributed by atoms with Crippen molar-refractivity contribution >= 4 is 38.2 Å². The molecule has 0 bridgehead atoms. The number of azo groups is 1. The van der Waals surface area contributed by atoms with Gasteiger partial charge in [0.05, 0.1) is 16.3 Å². The molecule has 0 N–H and O–H groups in total. The van der Waals surface area contributed by atoms with Crippen molar-refractivity contribution in [3.05, 3.63) is 35.1 Å². The maximum Gasteiger partial charge on any atom is 0.249 e. The second-order valence-corrected chi connectivity index (χ2v) is 5.68. The lowest BCUT2D eigenvalue weighted by molar-refractivity contribution is 0.842. The Balaban J connectivity index is 1.90. The first-order valence-electron chi connectivity index (χ1n) is 5.72. The fourth-order valence-corrected chi connectivity index (χ4v) is 3.03. The average Bonchev–Trinajstić information content (AvgIpc) is 3.05. The number of benzene rings is 1. The Bertz CT molecular complexity index is 780. The minimum atomic E-state index is -0.711. The zero-order valence-electron chi connectivity index (χ0n) is 10.4. The van der Waals surface area contributed by atoms with Crippen molar-refractivity contribution in [1.29, 1.82) is 5.26 Å². The molecule has 1 atom stereocenters. The van der Waals surface area contributed by atoms with Gasteiger partial charge in [-0.05, 0) is 19.1 Å². The molecular formula is C12H8N6S2. The number of aryl methyl sites for hydroxylation is 1. The molecule has 0 spiro atoms. The molecule has 3 rings (SSSR count). The van der Waals surface area contributed by atoms with Gasteiger partial charge in [0, 0.05) is 11.5 Å². The Kier molecular flexibility index (Phi) is 3.45. The van der Waals surface area contributed by atoms with Crippen molar-refractivity contribution in [2.75, 3.05) is 0 Å². The van der Waals surface area contributed by atoms with Gasteiger partial charge in [-0.1, -0.05) is 12.1 Å². The number of thiazole rings is 1. The van der Waals surface area contributed by atoms with E-state index in [0.717, 1.165) is 21.7 Å². The van der Waals surface area contributed by atoms with E-state index in [1.54, 1.807) is 6.92 Å². The Morgan fingerprint density at radius 3 is 2.85 bits per heavy atom. The minimum Gasteiger partial charge on any atom is -0.238 e. The molecule has 0 saturated heterocycles. The van der Waals surface area contributed by atoms with Crippen LogP contribution in [0.25, 0.3) is 10.2 Å². The van der Waals surface area contributed by atoms with Crippen LogP contribution in [0, 0.1) is 18.3 Å². The van der Waals surface area contributed by atoms with Crippen molar-refractivity contribution < 1.29 is 0 Å². The standard InChI is InChI=1S/C12H8N6S2/c1-7-14-12(20-18-7)17-16-9(6-13)11-15-8-4-2-3-5-10(8)19-11/h2-5,9H,1H3. The van der Waals surface area contributed by atoms with E-state index in [-0.39, 0.29) is 0 Å². The fraction of sp³-hybridized carbons (Fsp3) is 0.167. The highest BCUT2D eigenvalue weighted by atomic mass is 32.1. The highest BCUT2D eigenvalue weighted by Gasteiger charge is 2.15. The number of nitriles is 1. The van der Waals surface area contributed by atoms with Crippen LogP contribution in [0.15, 0.2) is 34.5 Å². The maximum atomic E-state index is 9.22. The van der Waals surface area contributed by atoms with Crippen LogP contribution in [0.4, 0.5) is 5.13 Å². The molecular weight excluding hydrogens is 292 g/mol. The van der Waals surface area contributed by atoms with Gasteiger partial charge in [-0.3, -0.25) is 0 Å². The van der Waals surface area contributed by atoms with Gasteiger partial charge in [0.15, 0.2) is 0 Å². The number of hydrogen-bond donors (Lipinski definition) is 0. The van der Waals surface area contributed by atoms with Crippen molar-refractivity contribution in [3.63, 3.8) is 0 Å². The van der Waals surface area contributed by atoms with Crippen LogP contribution >= 0.6 is 22.9 Å². The summed E-state index contributed by atoms with van der Waals surface area (Å²) in [6.45, 7) is 1.78. The first kappa shape index (κ1) is 12.8. The summed E-state index contributed by atoms with van der Waals surface area (Å²) in [6, 6.07) is 9.13. The normalized spacial score (nSPS) is 12.8. The molecule has 0 amide bonds. The molecule has 0 fully saturated rings. The summed E-state index contributed by atoms with van der Waals surface area (Å²) in [5, 5.41) is 18.3. The molecule has 20 heavy (non-hydrogen) atoms. The van der Waals surface area contributed by atoms with E-state index >= 15 is 0 Å². The second kappa shape index (κ2) is 5.40. The third kappa shape index (κ3) is 2.54. The SMILES string of the molecule is Cc1nsc(N=NC(C#N)c2nc3ccccc3s2)n1. The third-order valence-corrected chi connectivity index (χ3v) is 4.22. The Hall–Kier alpha value is -2.24. The van der Waals surface area contributed by atoms with Gasteiger partial charge in [-0.2, -0.15) is 14.7 Å². The molecule has 0 aliphatic heterocycles. The summed E-state index contributed by atoms with van der Waals surface area (Å²) in [7, 11) is 0. The van der Waals surface area contributed by atoms with Crippen molar-refractivity contribution in [1.82, 2.24) is 14.3 Å². The van der Waals surface area contributed by atoms with Crippen LogP contribution in [0.3, 0.4) is 0 Å². The zero-order chi connectivity index (χ0) is 13.9. The number of aromatic nitrogens is 3. The topological polar surface area (TPSA) is 87.2 Å². The van der Waals surface area contributed by atoms with Crippen LogP contribution in [0.5, 0.6) is 0 Å². The van der Waals surface area contributed by atoms with Crippen molar-refractivity contribution in [2.45, 2.75) is 13.0 Å². The second-order valence-electron chi connectivity index (χ2n) is 3.89. The van der Waals surface area contributed by atoms with Crippen LogP contribution in [-0.2, 0) is 0 Å². The number of hydrogen-bond acceptors (Lipinski definition) is 8. The highest BCUT2D eigenvalue weighted by Crippen LogP contribution is 2.29. The van der Waals surface area contributed by atoms with Crippen LogP contribution < -0.4 is 0 Å². The molecule has 3 aromatic rings. The number of para-hydroxylation sites is 1. The largest absolute Gasteiger partial charge is 0.249 e. The first-order chi connectivity index (χ1) is 9.76. The minimum absolute atomic E-state index is 0.448. The lowest BCUT2D eigenvalue weighted by atomic mass is 10.3. The van der Waals surface area contributed by atoms with E-state index in [0.29, 0.717) is 16.0 Å². The molecule has 0 radical (unpaired) electrons. The number of fused-ring (bicyclic) bond motifs is 1. The monoisotopic (exact) mass is 300 g/mol. The van der Waals surface area contributed by atoms with Crippen molar-refractivity contribution in [3.8, 4) is 6.07 Å². The summed E-state index contributed by atoms with van der Waals surface area (Å²) < 4.78 is 5.04. The molecule has 1 aromatic carbocycles. The third-order valence-electron chi connectivity index (χ3n) is 2.44. The molecule has 6 nitrogen and oxygen atoms in total. The van der Waals surface area contributed by atoms with Gasteiger partial charge in [0.2, 0.25) is 11.2 Å². The Morgan fingerprint density at radius 1 is 1.30 bits per heavy atom. The van der Waals surface area contributed by atoms with E-state index in [1.165, 1.54) is 11.3 Å². The summed E-state index contributed by atoms with van der Waals surface area (Å²) in [4.78, 5) is 8.48. The quantitative estimate of drug-likeness (QED) is 0.688. The lowest BCUT2D eigenvalue weighted by Crippen LogP contribution is -1.88. The van der Waals surface area contributed by atoms with Gasteiger partial charge in [-0.25, -0.2) is 9.97 Å². The molecule has 1 unspecified atom stereocenters. The Labute approximate surface area is 122 Å². The van der Waals surface area contributed by atoms with Gasteiger partial charge in [0.25, 0.3) is 0 Å². The van der Waals surface area contributed by atoms with Crippen LogP contribution in [0.1, 0.15) is 16.9 Å². The van der Waals surface area contributed by atoms with E-state index in [9.17, 15) is 5.26 Å². The van der Waals surface area contributed by atoms with Crippen molar-refractivity contribution in [2.24, 2.45) is 10.2 Å². The van der Waals surface area contributed by atoms with Gasteiger partial charge in [-0.15, -0.1) is 16.5 Å². The number of nitrogens with zero attached hydrogens (tertiary/aromatic N) is 6. The predicted octanol–water partition coefficient (Wildman–Crippen LogP) is 3.80. The summed E-state index contributed by atoms with van der Waals surface area (Å²) in [5.74, 6) is 0.650. The smallest absolute Gasteiger partial charge is 0.238 e. The summed E-state index contributed by atoms with van der Waals surface area (Å²) in [5.41, 5.74) is 0.870. The summed E-state index contributed by atoms with van der Waals surface area (Å²) >= 11 is 2.60. The number of rotatable bonds is 3. The molecule has 2 heterocycles. The van der Waals surface area contributed by atoms with Gasteiger partial charge >= 0.3 is 0 Å². The Morgan fingerprint density at radius 2 is 2.15 bits per heavy atom. The van der Waals surface area contributed by atoms with Gasteiger partial charge in [0.1, 0.15) is 10.8 Å². The van der Waals surface area contributed by atoms with E-state index in [2.05, 4.69) is 30.6 Å². The lowest BCUT2D eigenvalue weighted by Gasteiger charge is -1.94. The summed E-state index contributed by atoms with van der Waals surface area (Å²) in [6.07, 6.45) is 0. The highest BCUT2D eigenvalue weighted by molar-refractivity contribution is 7.18. The fourth-order valence-electron chi connectivity index (χ4n) is 1.57. The predicted molar refractivity (Wildman–Crippen MR) is 77.1 cm³/mol. The van der Waals surface area contributed by atoms with E-state index in [1.807, 2.05) is 24.3 Å². The van der Waals surface area contributed by atoms with E-state index in [4.69, 9.17) is 0 Å². The molecule has 8 heteroatoms. The molecule has 0 aliphatic rings. The van der Waals surface area contributed by atoms with E-state index < -0.39 is 6.04 Å². The molecule has 0 saturated carbocycles. The zero-order valence-corrected chi connectivity index (χ0v) is 12.0. The first-order valence-corrected chi connectivity index (χ1v) is 7.31. The molecule has 2 aromatic heterocycles. The van der Waals surface area contributed by atoms with Crippen LogP contribution in [0.2, 0.25) is 0 Å². The maximum absolute atomic E-state index is 9.22. The molecule has 0 aliphatic carbocycles. The van der Waals surface area contributed by atoms with Crippen LogP contribution in [-0.4, -0.2) is 14.3 Å². The molecule has 98 valence electrons. The van der Waals surface area contributed by atoms with Gasteiger partial charge < -0.3 is 0 Å².